The van der Waals surface area contributed by atoms with Crippen molar-refractivity contribution >= 4 is 0 Å². The van der Waals surface area contributed by atoms with E-state index in [1.54, 1.807) is 0 Å². The van der Waals surface area contributed by atoms with E-state index in [0.29, 0.717) is 19.6 Å². The van der Waals surface area contributed by atoms with Gasteiger partial charge in [0.2, 0.25) is 0 Å². The smallest absolute Gasteiger partial charge is 0.112 e. The summed E-state index contributed by atoms with van der Waals surface area (Å²) < 4.78 is 11.7. The number of aliphatic hydroxyl groups excluding tert-OH is 2. The van der Waals surface area contributed by atoms with E-state index < -0.39 is 18.3 Å². The van der Waals surface area contributed by atoms with Crippen LogP contribution in [0.25, 0.3) is 0 Å². The first-order valence-electron chi connectivity index (χ1n) is 8.34. The number of benzene rings is 2. The van der Waals surface area contributed by atoms with Crippen molar-refractivity contribution in [2.45, 2.75) is 44.9 Å². The Kier molecular flexibility index (Phi) is 7.92. The van der Waals surface area contributed by atoms with Gasteiger partial charge in [0.25, 0.3) is 0 Å². The fourth-order valence-corrected chi connectivity index (χ4v) is 2.49. The van der Waals surface area contributed by atoms with E-state index in [0.717, 1.165) is 11.1 Å². The quantitative estimate of drug-likeness (QED) is 0.703. The molecule has 0 amide bonds. The predicted molar refractivity (Wildman–Crippen MR) is 93.4 cm³/mol. The lowest BCUT2D eigenvalue weighted by Gasteiger charge is -2.29. The maximum Gasteiger partial charge on any atom is 0.112 e. The van der Waals surface area contributed by atoms with Crippen LogP contribution in [0.15, 0.2) is 60.7 Å². The van der Waals surface area contributed by atoms with E-state index in [2.05, 4.69) is 0 Å². The summed E-state index contributed by atoms with van der Waals surface area (Å²) in [6, 6.07) is 19.5. The van der Waals surface area contributed by atoms with Crippen LogP contribution in [-0.2, 0) is 22.7 Å². The normalized spacial score (nSPS) is 15.0. The average Bonchev–Trinajstić information content (AvgIpc) is 2.65. The highest BCUT2D eigenvalue weighted by Gasteiger charge is 2.29. The van der Waals surface area contributed by atoms with Gasteiger partial charge in [-0.3, -0.25) is 0 Å². The second kappa shape index (κ2) is 10.2. The Morgan fingerprint density at radius 3 is 1.79 bits per heavy atom. The highest BCUT2D eigenvalue weighted by Crippen LogP contribution is 2.16. The number of aliphatic hydroxyl groups is 2. The maximum absolute atomic E-state index is 10.3. The SMILES string of the molecule is CCC(O)C(OCc1ccccc1)C(CO)OCc1ccccc1. The van der Waals surface area contributed by atoms with Crippen molar-refractivity contribution in [2.24, 2.45) is 0 Å². The molecule has 0 aliphatic rings. The molecule has 0 saturated carbocycles. The zero-order valence-electron chi connectivity index (χ0n) is 14.0. The van der Waals surface area contributed by atoms with Crippen LogP contribution in [-0.4, -0.2) is 35.1 Å². The van der Waals surface area contributed by atoms with Gasteiger partial charge in [0.1, 0.15) is 12.2 Å². The highest BCUT2D eigenvalue weighted by atomic mass is 16.6. The van der Waals surface area contributed by atoms with E-state index in [4.69, 9.17) is 9.47 Å². The Hall–Kier alpha value is -1.72. The monoisotopic (exact) mass is 330 g/mol. The minimum atomic E-state index is -0.693. The third-order valence-corrected chi connectivity index (χ3v) is 3.94. The molecule has 0 aliphatic heterocycles. The molecule has 130 valence electrons. The van der Waals surface area contributed by atoms with Gasteiger partial charge in [0.15, 0.2) is 0 Å². The molecule has 0 radical (unpaired) electrons. The first-order chi connectivity index (χ1) is 11.7. The molecule has 0 heterocycles. The number of hydrogen-bond donors (Lipinski definition) is 2. The van der Waals surface area contributed by atoms with Crippen molar-refractivity contribution in [2.75, 3.05) is 6.61 Å². The first-order valence-corrected chi connectivity index (χ1v) is 8.34. The summed E-state index contributed by atoms with van der Waals surface area (Å²) in [6.45, 7) is 2.42. The molecule has 24 heavy (non-hydrogen) atoms. The van der Waals surface area contributed by atoms with Gasteiger partial charge in [-0.15, -0.1) is 0 Å². The number of rotatable bonds is 10. The molecule has 2 rings (SSSR count). The minimum Gasteiger partial charge on any atom is -0.394 e. The summed E-state index contributed by atoms with van der Waals surface area (Å²) in [7, 11) is 0. The molecule has 0 aromatic heterocycles. The summed E-state index contributed by atoms with van der Waals surface area (Å²) >= 11 is 0. The van der Waals surface area contributed by atoms with E-state index in [-0.39, 0.29) is 6.61 Å². The summed E-state index contributed by atoms with van der Waals surface area (Å²) in [5.74, 6) is 0. The Morgan fingerprint density at radius 1 is 0.833 bits per heavy atom. The topological polar surface area (TPSA) is 58.9 Å². The van der Waals surface area contributed by atoms with E-state index >= 15 is 0 Å². The Balaban J connectivity index is 1.97. The van der Waals surface area contributed by atoms with Crippen molar-refractivity contribution in [1.82, 2.24) is 0 Å². The molecule has 0 saturated heterocycles. The third-order valence-electron chi connectivity index (χ3n) is 3.94. The molecule has 3 atom stereocenters. The summed E-state index contributed by atoms with van der Waals surface area (Å²) in [5.41, 5.74) is 2.04. The van der Waals surface area contributed by atoms with Crippen molar-refractivity contribution in [3.63, 3.8) is 0 Å². The van der Waals surface area contributed by atoms with Crippen LogP contribution in [0, 0.1) is 0 Å². The van der Waals surface area contributed by atoms with Crippen molar-refractivity contribution in [1.29, 1.82) is 0 Å². The molecule has 4 heteroatoms. The lowest BCUT2D eigenvalue weighted by Crippen LogP contribution is -2.43. The summed E-state index contributed by atoms with van der Waals surface area (Å²) in [5, 5.41) is 20.0. The molecule has 2 aromatic carbocycles. The molecule has 2 N–H and O–H groups in total. The van der Waals surface area contributed by atoms with E-state index in [9.17, 15) is 10.2 Å². The van der Waals surface area contributed by atoms with Crippen molar-refractivity contribution < 1.29 is 19.7 Å². The summed E-state index contributed by atoms with van der Waals surface area (Å²) in [4.78, 5) is 0. The van der Waals surface area contributed by atoms with Crippen LogP contribution in [0.3, 0.4) is 0 Å². The van der Waals surface area contributed by atoms with Crippen molar-refractivity contribution in [3.8, 4) is 0 Å². The largest absolute Gasteiger partial charge is 0.394 e. The Morgan fingerprint density at radius 2 is 1.33 bits per heavy atom. The van der Waals surface area contributed by atoms with Gasteiger partial charge in [0, 0.05) is 0 Å². The molecular formula is C20H26O4. The second-order valence-corrected chi connectivity index (χ2v) is 5.75. The van der Waals surface area contributed by atoms with Crippen LogP contribution < -0.4 is 0 Å². The fourth-order valence-electron chi connectivity index (χ4n) is 2.49. The van der Waals surface area contributed by atoms with Gasteiger partial charge in [-0.1, -0.05) is 67.6 Å². The zero-order valence-corrected chi connectivity index (χ0v) is 14.0. The predicted octanol–water partition coefficient (Wildman–Crippen LogP) is 2.92. The van der Waals surface area contributed by atoms with E-state index in [1.165, 1.54) is 0 Å². The molecule has 0 aliphatic carbocycles. The molecule has 0 fully saturated rings. The van der Waals surface area contributed by atoms with Crippen LogP contribution in [0.1, 0.15) is 24.5 Å². The van der Waals surface area contributed by atoms with Gasteiger partial charge >= 0.3 is 0 Å². The Bertz CT molecular complexity index is 558. The van der Waals surface area contributed by atoms with Crippen LogP contribution in [0.4, 0.5) is 0 Å². The third kappa shape index (κ3) is 5.73. The van der Waals surface area contributed by atoms with Gasteiger partial charge in [-0.25, -0.2) is 0 Å². The van der Waals surface area contributed by atoms with Crippen molar-refractivity contribution in [3.05, 3.63) is 71.8 Å². The highest BCUT2D eigenvalue weighted by molar-refractivity contribution is 5.14. The van der Waals surface area contributed by atoms with Gasteiger partial charge < -0.3 is 19.7 Å². The molecular weight excluding hydrogens is 304 g/mol. The second-order valence-electron chi connectivity index (χ2n) is 5.75. The minimum absolute atomic E-state index is 0.205. The van der Waals surface area contributed by atoms with Crippen LogP contribution in [0.5, 0.6) is 0 Å². The Labute approximate surface area is 143 Å². The number of ether oxygens (including phenoxy) is 2. The van der Waals surface area contributed by atoms with Gasteiger partial charge in [-0.2, -0.15) is 0 Å². The lowest BCUT2D eigenvalue weighted by molar-refractivity contribution is -0.145. The molecule has 0 bridgehead atoms. The number of hydrogen-bond acceptors (Lipinski definition) is 4. The molecule has 4 nitrogen and oxygen atoms in total. The lowest BCUT2D eigenvalue weighted by atomic mass is 10.1. The van der Waals surface area contributed by atoms with Gasteiger partial charge in [0.05, 0.1) is 25.9 Å². The zero-order chi connectivity index (χ0) is 17.2. The van der Waals surface area contributed by atoms with E-state index in [1.807, 2.05) is 67.6 Å². The van der Waals surface area contributed by atoms with Gasteiger partial charge in [-0.05, 0) is 17.5 Å². The molecule has 2 aromatic rings. The van der Waals surface area contributed by atoms with Crippen LogP contribution in [0.2, 0.25) is 0 Å². The standard InChI is InChI=1S/C20H26O4/c1-2-18(22)20(24-15-17-11-7-4-8-12-17)19(13-21)23-14-16-9-5-3-6-10-16/h3-12,18-22H,2,13-15H2,1H3. The molecule has 0 spiro atoms. The molecule has 3 unspecified atom stereocenters. The summed E-state index contributed by atoms with van der Waals surface area (Å²) in [6.07, 6.45) is -1.32. The maximum atomic E-state index is 10.3. The van der Waals surface area contributed by atoms with Crippen LogP contribution >= 0.6 is 0 Å². The fraction of sp³-hybridized carbons (Fsp3) is 0.400. The first kappa shape index (κ1) is 18.6. The average molecular weight is 330 g/mol.